The Bertz CT molecular complexity index is 1930. The minimum Gasteiger partial charge on any atom is -0.473 e. The molecule has 3 aromatic carbocycles. The number of nitrogens with zero attached hydrogens (tertiary/aromatic N) is 3. The first-order valence-electron chi connectivity index (χ1n) is 13.7. The number of imidazole rings is 1. The minimum absolute atomic E-state index is 0.0770. The molecule has 0 aliphatic rings. The highest BCUT2D eigenvalue weighted by Crippen LogP contribution is 2.26. The predicted molar refractivity (Wildman–Crippen MR) is 165 cm³/mol. The number of benzene rings is 3. The Balaban J connectivity index is 1.36. The molecule has 0 bridgehead atoms. The van der Waals surface area contributed by atoms with Gasteiger partial charge in [-0.05, 0) is 42.0 Å². The van der Waals surface area contributed by atoms with E-state index in [1.54, 1.807) is 79.9 Å². The largest absolute Gasteiger partial charge is 0.473 e. The number of halogens is 1. The van der Waals surface area contributed by atoms with Gasteiger partial charge >= 0.3 is 5.97 Å². The molecule has 0 radical (unpaired) electrons. The second kappa shape index (κ2) is 13.2. The van der Waals surface area contributed by atoms with Crippen molar-refractivity contribution in [2.75, 3.05) is 31.8 Å². The first kappa shape index (κ1) is 30.6. The number of anilines is 1. The van der Waals surface area contributed by atoms with Gasteiger partial charge < -0.3 is 18.8 Å². The van der Waals surface area contributed by atoms with Crippen molar-refractivity contribution in [2.45, 2.75) is 19.6 Å². The van der Waals surface area contributed by atoms with E-state index in [0.29, 0.717) is 64.0 Å². The molecular formula is C32H31FN4O6S. The maximum atomic E-state index is 15.5. The topological polar surface area (TPSA) is 122 Å². The molecule has 228 valence electrons. The van der Waals surface area contributed by atoms with Gasteiger partial charge in [-0.1, -0.05) is 36.4 Å². The number of ether oxygens (including phenoxy) is 3. The zero-order valence-electron chi connectivity index (χ0n) is 24.4. The molecule has 12 heteroatoms. The molecule has 1 N–H and O–H groups in total. The predicted octanol–water partition coefficient (Wildman–Crippen LogP) is 5.21. The Morgan fingerprint density at radius 1 is 0.955 bits per heavy atom. The van der Waals surface area contributed by atoms with Crippen LogP contribution in [0.1, 0.15) is 27.3 Å². The lowest BCUT2D eigenvalue weighted by Gasteiger charge is -2.12. The van der Waals surface area contributed by atoms with Crippen LogP contribution in [0.5, 0.6) is 5.88 Å². The number of carbonyl (C=O) groups excluding carboxylic acids is 1. The summed E-state index contributed by atoms with van der Waals surface area (Å²) in [4.78, 5) is 21.3. The molecule has 0 saturated carbocycles. The van der Waals surface area contributed by atoms with Gasteiger partial charge in [-0.15, -0.1) is 0 Å². The number of sulfonamides is 1. The molecule has 0 aliphatic carbocycles. The number of pyridine rings is 1. The molecule has 0 amide bonds. The lowest BCUT2D eigenvalue weighted by Crippen LogP contribution is -2.12. The maximum Gasteiger partial charge on any atom is 0.337 e. The summed E-state index contributed by atoms with van der Waals surface area (Å²) in [5.41, 5.74) is 4.38. The third-order valence-electron chi connectivity index (χ3n) is 6.88. The van der Waals surface area contributed by atoms with Crippen LogP contribution in [0.25, 0.3) is 22.3 Å². The molecule has 0 atom stereocenters. The molecule has 2 heterocycles. The summed E-state index contributed by atoms with van der Waals surface area (Å²) < 4.78 is 59.3. The van der Waals surface area contributed by atoms with Crippen molar-refractivity contribution in [1.82, 2.24) is 14.5 Å². The fourth-order valence-electron chi connectivity index (χ4n) is 4.76. The average molecular weight is 619 g/mol. The van der Waals surface area contributed by atoms with E-state index >= 15 is 4.39 Å². The van der Waals surface area contributed by atoms with Crippen LogP contribution in [0.4, 0.5) is 10.1 Å². The van der Waals surface area contributed by atoms with Gasteiger partial charge in [0.2, 0.25) is 15.9 Å². The molecule has 44 heavy (non-hydrogen) atoms. The van der Waals surface area contributed by atoms with Gasteiger partial charge in [0, 0.05) is 37.3 Å². The standard InChI is InChI=1S/C32H31FN4O6S/c1-41-16-15-37-29-18-23(32(38)42-2)13-14-28(29)34-30(37)19-21-11-12-22(17-25(21)33)26-9-6-10-31(35-26)43-20-24-7-4-5-8-27(24)36-44(3,39)40/h4-14,17-18,36H,15-16,19-20H2,1-3H3. The van der Waals surface area contributed by atoms with Crippen LogP contribution in [0, 0.1) is 5.82 Å². The van der Waals surface area contributed by atoms with Crippen molar-refractivity contribution in [1.29, 1.82) is 0 Å². The molecule has 0 unspecified atom stereocenters. The van der Waals surface area contributed by atoms with E-state index in [-0.39, 0.29) is 13.0 Å². The van der Waals surface area contributed by atoms with Gasteiger partial charge in [0.05, 0.1) is 48.0 Å². The molecule has 0 fully saturated rings. The lowest BCUT2D eigenvalue weighted by atomic mass is 10.1. The maximum absolute atomic E-state index is 15.5. The number of hydrogen-bond donors (Lipinski definition) is 1. The summed E-state index contributed by atoms with van der Waals surface area (Å²) >= 11 is 0. The highest BCUT2D eigenvalue weighted by molar-refractivity contribution is 7.92. The molecule has 0 spiro atoms. The zero-order valence-corrected chi connectivity index (χ0v) is 25.2. The van der Waals surface area contributed by atoms with Crippen LogP contribution in [-0.4, -0.2) is 56.0 Å². The summed E-state index contributed by atoms with van der Waals surface area (Å²) in [6, 6.07) is 22.1. The normalized spacial score (nSPS) is 11.5. The van der Waals surface area contributed by atoms with Crippen molar-refractivity contribution in [3.05, 3.63) is 107 Å². The smallest absolute Gasteiger partial charge is 0.337 e. The molecule has 5 aromatic rings. The lowest BCUT2D eigenvalue weighted by molar-refractivity contribution is 0.0601. The Kier molecular flexibility index (Phi) is 9.21. The summed E-state index contributed by atoms with van der Waals surface area (Å²) in [7, 11) is -0.533. The number of aromatic nitrogens is 3. The Morgan fingerprint density at radius 2 is 1.77 bits per heavy atom. The fraction of sp³-hybridized carbons (Fsp3) is 0.219. The molecule has 5 rings (SSSR count). The second-order valence-electron chi connectivity index (χ2n) is 10.0. The molecule has 0 saturated heterocycles. The van der Waals surface area contributed by atoms with E-state index in [1.807, 2.05) is 4.57 Å². The Labute approximate surface area is 254 Å². The number of esters is 1. The molecule has 0 aliphatic heterocycles. The number of carbonyl (C=O) groups is 1. The number of para-hydroxylation sites is 1. The van der Waals surface area contributed by atoms with Crippen LogP contribution in [0.15, 0.2) is 78.9 Å². The summed E-state index contributed by atoms with van der Waals surface area (Å²) in [5.74, 6) is 0.0626. The van der Waals surface area contributed by atoms with Gasteiger partial charge in [0.1, 0.15) is 18.2 Å². The van der Waals surface area contributed by atoms with E-state index < -0.39 is 21.8 Å². The zero-order chi connectivity index (χ0) is 31.3. The fourth-order valence-corrected chi connectivity index (χ4v) is 5.36. The van der Waals surface area contributed by atoms with Gasteiger partial charge in [-0.2, -0.15) is 0 Å². The molecular weight excluding hydrogens is 587 g/mol. The third-order valence-corrected chi connectivity index (χ3v) is 7.47. The van der Waals surface area contributed by atoms with Gasteiger partial charge in [0.15, 0.2) is 0 Å². The number of fused-ring (bicyclic) bond motifs is 1. The van der Waals surface area contributed by atoms with E-state index in [0.717, 1.165) is 11.8 Å². The van der Waals surface area contributed by atoms with Crippen LogP contribution in [0.2, 0.25) is 0 Å². The first-order chi connectivity index (χ1) is 21.1. The second-order valence-corrected chi connectivity index (χ2v) is 11.8. The van der Waals surface area contributed by atoms with Crippen LogP contribution in [0.3, 0.4) is 0 Å². The van der Waals surface area contributed by atoms with Crippen molar-refractivity contribution >= 4 is 32.7 Å². The van der Waals surface area contributed by atoms with Crippen LogP contribution < -0.4 is 9.46 Å². The SMILES string of the molecule is COCCn1c(Cc2ccc(-c3cccc(OCc4ccccc4NS(C)(=O)=O)n3)cc2F)nc2ccc(C(=O)OC)cc21. The van der Waals surface area contributed by atoms with Gasteiger partial charge in [0.25, 0.3) is 0 Å². The van der Waals surface area contributed by atoms with Crippen molar-refractivity contribution in [3.8, 4) is 17.1 Å². The van der Waals surface area contributed by atoms with E-state index in [9.17, 15) is 13.2 Å². The number of rotatable bonds is 12. The highest BCUT2D eigenvalue weighted by atomic mass is 32.2. The van der Waals surface area contributed by atoms with E-state index in [2.05, 4.69) is 9.71 Å². The van der Waals surface area contributed by atoms with Crippen molar-refractivity contribution < 1.29 is 31.8 Å². The van der Waals surface area contributed by atoms with Gasteiger partial charge in [-0.3, -0.25) is 4.72 Å². The van der Waals surface area contributed by atoms with Crippen molar-refractivity contribution in [3.63, 3.8) is 0 Å². The number of nitrogens with one attached hydrogen (secondary N) is 1. The average Bonchev–Trinajstić information content (AvgIpc) is 3.35. The molecule has 2 aromatic heterocycles. The van der Waals surface area contributed by atoms with E-state index in [1.165, 1.54) is 13.2 Å². The summed E-state index contributed by atoms with van der Waals surface area (Å²) in [6.07, 6.45) is 1.30. The monoisotopic (exact) mass is 618 g/mol. The third kappa shape index (κ3) is 7.21. The number of methoxy groups -OCH3 is 2. The van der Waals surface area contributed by atoms with Gasteiger partial charge in [-0.25, -0.2) is 27.6 Å². The Morgan fingerprint density at radius 3 is 2.52 bits per heavy atom. The van der Waals surface area contributed by atoms with Crippen LogP contribution in [-0.2, 0) is 39.1 Å². The molecule has 10 nitrogen and oxygen atoms in total. The van der Waals surface area contributed by atoms with E-state index in [4.69, 9.17) is 19.2 Å². The summed E-state index contributed by atoms with van der Waals surface area (Å²) in [6.45, 7) is 0.956. The van der Waals surface area contributed by atoms with Crippen molar-refractivity contribution in [2.24, 2.45) is 0 Å². The highest BCUT2D eigenvalue weighted by Gasteiger charge is 2.17. The first-order valence-corrected chi connectivity index (χ1v) is 15.5. The number of hydrogen-bond acceptors (Lipinski definition) is 8. The minimum atomic E-state index is -3.46. The Hall–Kier alpha value is -4.81. The van der Waals surface area contributed by atoms with Crippen LogP contribution >= 0.6 is 0 Å². The summed E-state index contributed by atoms with van der Waals surface area (Å²) in [5, 5.41) is 0. The quantitative estimate of drug-likeness (QED) is 0.189.